The van der Waals surface area contributed by atoms with E-state index < -0.39 is 27.6 Å². The van der Waals surface area contributed by atoms with Crippen molar-refractivity contribution >= 4 is 27.6 Å². The minimum Gasteiger partial charge on any atom is -0.493 e. The third-order valence-electron chi connectivity index (χ3n) is 6.30. The number of sulfonamides is 1. The summed E-state index contributed by atoms with van der Waals surface area (Å²) in [6, 6.07) is 11.4. The van der Waals surface area contributed by atoms with E-state index in [0.717, 1.165) is 37.9 Å². The minimum absolute atomic E-state index is 0.00617. The van der Waals surface area contributed by atoms with E-state index in [2.05, 4.69) is 10.0 Å². The number of halogens is 3. The molecule has 39 heavy (non-hydrogen) atoms. The van der Waals surface area contributed by atoms with E-state index in [1.165, 1.54) is 26.4 Å². The van der Waals surface area contributed by atoms with Gasteiger partial charge in [-0.25, -0.2) is 13.2 Å². The lowest BCUT2D eigenvalue weighted by Gasteiger charge is -2.18. The topological polar surface area (TPSA) is 140 Å². The van der Waals surface area contributed by atoms with Crippen molar-refractivity contribution in [3.8, 4) is 11.5 Å². The Kier molecular flexibility index (Phi) is 9.33. The van der Waals surface area contributed by atoms with Crippen molar-refractivity contribution < 1.29 is 50.5 Å². The van der Waals surface area contributed by atoms with Crippen LogP contribution in [0.3, 0.4) is 0 Å². The summed E-state index contributed by atoms with van der Waals surface area (Å²) in [4.78, 5) is 21.8. The van der Waals surface area contributed by atoms with Crippen LogP contribution in [-0.4, -0.2) is 65.1 Å². The first-order valence-electron chi connectivity index (χ1n) is 11.9. The zero-order chi connectivity index (χ0) is 28.8. The van der Waals surface area contributed by atoms with Crippen molar-refractivity contribution in [2.45, 2.75) is 48.3 Å². The van der Waals surface area contributed by atoms with Crippen molar-refractivity contribution in [2.24, 2.45) is 0 Å². The normalized spacial score (nSPS) is 17.8. The Morgan fingerprint density at radius 1 is 1.08 bits per heavy atom. The van der Waals surface area contributed by atoms with Gasteiger partial charge < -0.3 is 24.6 Å². The summed E-state index contributed by atoms with van der Waals surface area (Å²) < 4.78 is 75.8. The highest BCUT2D eigenvalue weighted by Crippen LogP contribution is 2.48. The fraction of sp³-hybridized carbons (Fsp3) is 0.440. The number of alkyl halides is 3. The summed E-state index contributed by atoms with van der Waals surface area (Å²) in [5.41, 5.74) is 0.773. The number of nitrogens with one attached hydrogen (secondary N) is 2. The Balaban J connectivity index is 0.000000532. The molecule has 0 spiro atoms. The second-order valence-corrected chi connectivity index (χ2v) is 10.6. The number of rotatable bonds is 9. The molecular weight excluding hydrogens is 545 g/mol. The molecule has 14 heteroatoms. The first-order valence-corrected chi connectivity index (χ1v) is 13.4. The molecule has 1 saturated heterocycles. The van der Waals surface area contributed by atoms with Gasteiger partial charge in [0.1, 0.15) is 0 Å². The molecule has 214 valence electrons. The fourth-order valence-corrected chi connectivity index (χ4v) is 5.08. The van der Waals surface area contributed by atoms with Gasteiger partial charge in [-0.05, 0) is 55.5 Å². The Bertz CT molecular complexity index is 1270. The SMILES string of the molecule is COc1ccc(S(=O)(=O)Nc2ccc(C3(C(=O)NCC4CCCO4)CC3)cc2)cc1OC.O=C(O)C(F)(F)F. The third kappa shape index (κ3) is 7.53. The van der Waals surface area contributed by atoms with Gasteiger partial charge in [0.15, 0.2) is 11.5 Å². The predicted octanol–water partition coefficient (Wildman–Crippen LogP) is 3.46. The van der Waals surface area contributed by atoms with Crippen molar-refractivity contribution in [2.75, 3.05) is 32.1 Å². The number of amides is 1. The maximum atomic E-state index is 12.8. The van der Waals surface area contributed by atoms with Gasteiger partial charge in [-0.1, -0.05) is 12.1 Å². The van der Waals surface area contributed by atoms with Crippen LogP contribution in [0.5, 0.6) is 11.5 Å². The highest BCUT2D eigenvalue weighted by Gasteiger charge is 2.51. The van der Waals surface area contributed by atoms with Crippen LogP contribution in [0.1, 0.15) is 31.2 Å². The van der Waals surface area contributed by atoms with Crippen molar-refractivity contribution in [1.29, 1.82) is 0 Å². The quantitative estimate of drug-likeness (QED) is 0.414. The lowest BCUT2D eigenvalue weighted by Crippen LogP contribution is -2.39. The second kappa shape index (κ2) is 12.1. The highest BCUT2D eigenvalue weighted by atomic mass is 32.2. The Hall–Kier alpha value is -3.52. The van der Waals surface area contributed by atoms with Gasteiger partial charge in [-0.15, -0.1) is 0 Å². The molecule has 0 aromatic heterocycles. The van der Waals surface area contributed by atoms with Gasteiger partial charge in [0.2, 0.25) is 5.91 Å². The number of carbonyl (C=O) groups is 2. The van der Waals surface area contributed by atoms with Crippen LogP contribution in [0.4, 0.5) is 18.9 Å². The molecule has 10 nitrogen and oxygen atoms in total. The second-order valence-electron chi connectivity index (χ2n) is 8.93. The molecule has 1 aliphatic carbocycles. The Morgan fingerprint density at radius 3 is 2.18 bits per heavy atom. The van der Waals surface area contributed by atoms with E-state index >= 15 is 0 Å². The molecule has 4 rings (SSSR count). The number of hydrogen-bond acceptors (Lipinski definition) is 7. The van der Waals surface area contributed by atoms with E-state index in [0.29, 0.717) is 23.7 Å². The molecule has 1 unspecified atom stereocenters. The minimum atomic E-state index is -5.08. The van der Waals surface area contributed by atoms with Crippen LogP contribution in [-0.2, 0) is 29.8 Å². The maximum absolute atomic E-state index is 12.8. The van der Waals surface area contributed by atoms with Crippen LogP contribution >= 0.6 is 0 Å². The molecule has 3 N–H and O–H groups in total. The summed E-state index contributed by atoms with van der Waals surface area (Å²) in [7, 11) is -0.880. The van der Waals surface area contributed by atoms with Gasteiger partial charge in [0, 0.05) is 24.9 Å². The monoisotopic (exact) mass is 574 g/mol. The van der Waals surface area contributed by atoms with E-state index in [9.17, 15) is 26.4 Å². The number of methoxy groups -OCH3 is 2. The number of carboxylic acids is 1. The molecule has 1 heterocycles. The number of aliphatic carboxylic acids is 1. The number of carbonyl (C=O) groups excluding carboxylic acids is 1. The van der Waals surface area contributed by atoms with Gasteiger partial charge in [-0.2, -0.15) is 13.2 Å². The molecule has 1 atom stereocenters. The third-order valence-corrected chi connectivity index (χ3v) is 7.68. The lowest BCUT2D eigenvalue weighted by molar-refractivity contribution is -0.192. The largest absolute Gasteiger partial charge is 0.493 e. The first kappa shape index (κ1) is 30.0. The number of benzene rings is 2. The van der Waals surface area contributed by atoms with Crippen LogP contribution in [0.25, 0.3) is 0 Å². The van der Waals surface area contributed by atoms with E-state index in [1.807, 2.05) is 12.1 Å². The molecule has 2 aliphatic rings. The summed E-state index contributed by atoms with van der Waals surface area (Å²) in [6.45, 7) is 1.29. The average Bonchev–Trinajstić information content (AvgIpc) is 3.54. The van der Waals surface area contributed by atoms with Crippen molar-refractivity contribution in [1.82, 2.24) is 5.32 Å². The number of carboxylic acid groups (broad SMARTS) is 1. The average molecular weight is 575 g/mol. The molecular formula is C25H29F3N2O8S. The summed E-state index contributed by atoms with van der Waals surface area (Å²) in [5.74, 6) is -1.97. The molecule has 0 bridgehead atoms. The number of hydrogen-bond donors (Lipinski definition) is 3. The van der Waals surface area contributed by atoms with Gasteiger partial charge in [0.05, 0.1) is 30.6 Å². The Morgan fingerprint density at radius 2 is 1.69 bits per heavy atom. The van der Waals surface area contributed by atoms with Gasteiger partial charge >= 0.3 is 12.1 Å². The Labute approximate surface area is 223 Å². The van der Waals surface area contributed by atoms with E-state index in [1.54, 1.807) is 18.2 Å². The molecule has 1 aliphatic heterocycles. The van der Waals surface area contributed by atoms with Crippen LogP contribution in [0.2, 0.25) is 0 Å². The maximum Gasteiger partial charge on any atom is 0.490 e. The highest BCUT2D eigenvalue weighted by molar-refractivity contribution is 7.92. The van der Waals surface area contributed by atoms with Crippen molar-refractivity contribution in [3.05, 3.63) is 48.0 Å². The smallest absolute Gasteiger partial charge is 0.490 e. The van der Waals surface area contributed by atoms with E-state index in [-0.39, 0.29) is 16.9 Å². The summed E-state index contributed by atoms with van der Waals surface area (Å²) in [5, 5.41) is 10.1. The fourth-order valence-electron chi connectivity index (χ4n) is 4.01. The number of ether oxygens (including phenoxy) is 3. The molecule has 2 aromatic rings. The molecule has 0 radical (unpaired) electrons. The standard InChI is InChI=1S/C23H28N2O6S.C2HF3O2/c1-29-20-10-9-19(14-21(20)30-2)32(27,28)25-17-7-5-16(6-8-17)23(11-12-23)22(26)24-15-18-4-3-13-31-18;3-2(4,5)1(6)7/h5-10,14,18,25H,3-4,11-13,15H2,1-2H3,(H,24,26);(H,6,7). The lowest BCUT2D eigenvalue weighted by atomic mass is 9.94. The zero-order valence-corrected chi connectivity index (χ0v) is 22.0. The first-order chi connectivity index (χ1) is 18.3. The molecule has 2 aromatic carbocycles. The van der Waals surface area contributed by atoms with Crippen LogP contribution in [0, 0.1) is 0 Å². The zero-order valence-electron chi connectivity index (χ0n) is 21.2. The number of anilines is 1. The summed E-state index contributed by atoms with van der Waals surface area (Å²) >= 11 is 0. The predicted molar refractivity (Wildman–Crippen MR) is 133 cm³/mol. The van der Waals surface area contributed by atoms with Crippen molar-refractivity contribution in [3.63, 3.8) is 0 Å². The van der Waals surface area contributed by atoms with Crippen LogP contribution < -0.4 is 19.5 Å². The molecule has 1 amide bonds. The molecule has 1 saturated carbocycles. The van der Waals surface area contributed by atoms with Gasteiger partial charge in [0.25, 0.3) is 10.0 Å². The molecule has 2 fully saturated rings. The van der Waals surface area contributed by atoms with Gasteiger partial charge in [-0.3, -0.25) is 9.52 Å². The van der Waals surface area contributed by atoms with Crippen LogP contribution in [0.15, 0.2) is 47.4 Å². The van der Waals surface area contributed by atoms with E-state index in [4.69, 9.17) is 24.1 Å². The summed E-state index contributed by atoms with van der Waals surface area (Å²) in [6.07, 6.45) is -1.42.